The predicted molar refractivity (Wildman–Crippen MR) is 97.4 cm³/mol. The maximum atomic E-state index is 12.0. The van der Waals surface area contributed by atoms with Crippen LogP contribution in [-0.4, -0.2) is 26.2 Å². The molecular weight excluding hydrogens is 304 g/mol. The van der Waals surface area contributed by atoms with Crippen LogP contribution in [0.1, 0.15) is 40.5 Å². The Labute approximate surface area is 145 Å². The molecule has 0 radical (unpaired) electrons. The van der Waals surface area contributed by atoms with Crippen LogP contribution in [0.15, 0.2) is 48.1 Å². The molecule has 4 heteroatoms. The number of methoxy groups -OCH3 is 2. The van der Waals surface area contributed by atoms with E-state index in [-0.39, 0.29) is 22.5 Å². The molecule has 0 N–H and O–H groups in total. The average Bonchev–Trinajstić information content (AvgIpc) is 2.53. The molecule has 134 valence electrons. The molecule has 0 spiro atoms. The van der Waals surface area contributed by atoms with Crippen molar-refractivity contribution in [3.05, 3.63) is 48.1 Å². The van der Waals surface area contributed by atoms with Crippen LogP contribution in [0.5, 0.6) is 0 Å². The summed E-state index contributed by atoms with van der Waals surface area (Å²) >= 11 is 0. The van der Waals surface area contributed by atoms with Gasteiger partial charge >= 0.3 is 11.9 Å². The Morgan fingerprint density at radius 3 is 2.00 bits per heavy atom. The fraction of sp³-hybridized carbons (Fsp3) is 0.500. The number of esters is 2. The third kappa shape index (κ3) is 7.44. The molecule has 0 aromatic carbocycles. The van der Waals surface area contributed by atoms with Gasteiger partial charge in [-0.05, 0) is 41.9 Å². The summed E-state index contributed by atoms with van der Waals surface area (Å²) in [5.41, 5.74) is 1.41. The van der Waals surface area contributed by atoms with Crippen LogP contribution in [-0.2, 0) is 19.1 Å². The molecule has 0 aliphatic heterocycles. The second kappa shape index (κ2) is 9.91. The zero-order valence-corrected chi connectivity index (χ0v) is 15.8. The Balaban J connectivity index is 5.83. The molecule has 0 aliphatic carbocycles. The third-order valence-electron chi connectivity index (χ3n) is 3.58. The van der Waals surface area contributed by atoms with E-state index in [1.54, 1.807) is 12.2 Å². The molecule has 1 atom stereocenters. The monoisotopic (exact) mass is 334 g/mol. The first-order chi connectivity index (χ1) is 11.1. The van der Waals surface area contributed by atoms with E-state index < -0.39 is 11.9 Å². The maximum Gasteiger partial charge on any atom is 0.337 e. The topological polar surface area (TPSA) is 52.6 Å². The van der Waals surface area contributed by atoms with Crippen LogP contribution in [0.2, 0.25) is 0 Å². The molecule has 1 unspecified atom stereocenters. The third-order valence-corrected chi connectivity index (χ3v) is 3.58. The lowest BCUT2D eigenvalue weighted by atomic mass is 9.79. The molecule has 4 nitrogen and oxygen atoms in total. The SMILES string of the molecule is C=C/C(=C\C(=C/C(=C)C(=O)OC)C(=O)OC)C(CC)CC(C)(C)C. The van der Waals surface area contributed by atoms with Crippen LogP contribution in [0.3, 0.4) is 0 Å². The smallest absolute Gasteiger partial charge is 0.337 e. The van der Waals surface area contributed by atoms with Crippen molar-refractivity contribution < 1.29 is 19.1 Å². The van der Waals surface area contributed by atoms with Gasteiger partial charge in [-0.3, -0.25) is 0 Å². The van der Waals surface area contributed by atoms with E-state index >= 15 is 0 Å². The largest absolute Gasteiger partial charge is 0.465 e. The molecule has 0 saturated heterocycles. The number of carbonyl (C=O) groups is 2. The highest BCUT2D eigenvalue weighted by molar-refractivity contribution is 5.97. The second-order valence-corrected chi connectivity index (χ2v) is 6.83. The van der Waals surface area contributed by atoms with Gasteiger partial charge in [0.05, 0.1) is 25.4 Å². The molecule has 0 rings (SSSR count). The Kier molecular flexibility index (Phi) is 9.04. The van der Waals surface area contributed by atoms with Crippen molar-refractivity contribution >= 4 is 11.9 Å². The minimum absolute atomic E-state index is 0.0847. The van der Waals surface area contributed by atoms with E-state index in [9.17, 15) is 9.59 Å². The summed E-state index contributed by atoms with van der Waals surface area (Å²) < 4.78 is 9.42. The van der Waals surface area contributed by atoms with Crippen molar-refractivity contribution in [1.29, 1.82) is 0 Å². The highest BCUT2D eigenvalue weighted by atomic mass is 16.5. The minimum Gasteiger partial charge on any atom is -0.465 e. The van der Waals surface area contributed by atoms with Gasteiger partial charge in [0.1, 0.15) is 0 Å². The van der Waals surface area contributed by atoms with Gasteiger partial charge in [0.25, 0.3) is 0 Å². The van der Waals surface area contributed by atoms with Crippen molar-refractivity contribution in [3.63, 3.8) is 0 Å². The lowest BCUT2D eigenvalue weighted by Crippen LogP contribution is -2.15. The number of hydrogen-bond donors (Lipinski definition) is 0. The van der Waals surface area contributed by atoms with Crippen LogP contribution in [0.25, 0.3) is 0 Å². The van der Waals surface area contributed by atoms with Gasteiger partial charge in [0.2, 0.25) is 0 Å². The fourth-order valence-corrected chi connectivity index (χ4v) is 2.42. The molecule has 24 heavy (non-hydrogen) atoms. The molecule has 0 amide bonds. The molecule has 0 fully saturated rings. The van der Waals surface area contributed by atoms with Gasteiger partial charge < -0.3 is 9.47 Å². The Morgan fingerprint density at radius 1 is 1.08 bits per heavy atom. The molecule has 0 heterocycles. The lowest BCUT2D eigenvalue weighted by Gasteiger charge is -2.26. The van der Waals surface area contributed by atoms with Crippen molar-refractivity contribution in [3.8, 4) is 0 Å². The van der Waals surface area contributed by atoms with Gasteiger partial charge in [0, 0.05) is 0 Å². The van der Waals surface area contributed by atoms with Crippen LogP contribution >= 0.6 is 0 Å². The molecule has 0 aromatic heterocycles. The number of rotatable bonds is 8. The zero-order chi connectivity index (χ0) is 18.9. The number of ether oxygens (including phenoxy) is 2. The Morgan fingerprint density at radius 2 is 1.62 bits per heavy atom. The van der Waals surface area contributed by atoms with Gasteiger partial charge in [-0.15, -0.1) is 0 Å². The van der Waals surface area contributed by atoms with Crippen LogP contribution < -0.4 is 0 Å². The van der Waals surface area contributed by atoms with Crippen molar-refractivity contribution in [2.45, 2.75) is 40.5 Å². The summed E-state index contributed by atoms with van der Waals surface area (Å²) in [6.07, 6.45) is 6.71. The first-order valence-corrected chi connectivity index (χ1v) is 8.00. The van der Waals surface area contributed by atoms with Crippen molar-refractivity contribution in [2.75, 3.05) is 14.2 Å². The van der Waals surface area contributed by atoms with Gasteiger partial charge in [-0.25, -0.2) is 9.59 Å². The van der Waals surface area contributed by atoms with E-state index in [0.29, 0.717) is 0 Å². The summed E-state index contributed by atoms with van der Waals surface area (Å²) in [5, 5.41) is 0. The summed E-state index contributed by atoms with van der Waals surface area (Å²) in [5.74, 6) is -0.876. The van der Waals surface area contributed by atoms with E-state index in [4.69, 9.17) is 4.74 Å². The van der Waals surface area contributed by atoms with E-state index in [1.807, 2.05) is 0 Å². The Bertz CT molecular complexity index is 544. The van der Waals surface area contributed by atoms with Gasteiger partial charge in [-0.1, -0.05) is 46.9 Å². The van der Waals surface area contributed by atoms with Gasteiger partial charge in [-0.2, -0.15) is 0 Å². The number of carbonyl (C=O) groups excluding carboxylic acids is 2. The van der Waals surface area contributed by atoms with Crippen LogP contribution in [0, 0.1) is 11.3 Å². The molecule has 0 aromatic rings. The minimum atomic E-state index is -0.591. The van der Waals surface area contributed by atoms with Crippen molar-refractivity contribution in [1.82, 2.24) is 0 Å². The average molecular weight is 334 g/mol. The molecule has 0 bridgehead atoms. The maximum absolute atomic E-state index is 12.0. The standard InChI is InChI=1S/C20H30O4/c1-9-15(16(10-2)13-20(4,5)6)12-17(19(22)24-8)11-14(3)18(21)23-7/h9,11-12,16H,1,3,10,13H2,2,4-8H3/b15-12+,17-11+. The van der Waals surface area contributed by atoms with Crippen LogP contribution in [0.4, 0.5) is 0 Å². The lowest BCUT2D eigenvalue weighted by molar-refractivity contribution is -0.135. The normalized spacial score (nSPS) is 13.9. The zero-order valence-electron chi connectivity index (χ0n) is 15.8. The fourth-order valence-electron chi connectivity index (χ4n) is 2.42. The molecular formula is C20H30O4. The Hall–Kier alpha value is -2.10. The molecule has 0 aliphatic rings. The van der Waals surface area contributed by atoms with E-state index in [1.165, 1.54) is 20.3 Å². The number of hydrogen-bond acceptors (Lipinski definition) is 4. The first kappa shape index (κ1) is 21.9. The van der Waals surface area contributed by atoms with E-state index in [2.05, 4.69) is 45.6 Å². The predicted octanol–water partition coefficient (Wildman–Crippen LogP) is 4.39. The highest BCUT2D eigenvalue weighted by Crippen LogP contribution is 2.32. The van der Waals surface area contributed by atoms with Gasteiger partial charge in [0.15, 0.2) is 0 Å². The summed E-state index contributed by atoms with van der Waals surface area (Å²) in [4.78, 5) is 23.6. The quantitative estimate of drug-likeness (QED) is 0.375. The summed E-state index contributed by atoms with van der Waals surface area (Å²) in [7, 11) is 2.56. The summed E-state index contributed by atoms with van der Waals surface area (Å²) in [6, 6.07) is 0. The summed E-state index contributed by atoms with van der Waals surface area (Å²) in [6.45, 7) is 16.1. The van der Waals surface area contributed by atoms with E-state index in [0.717, 1.165) is 18.4 Å². The number of allylic oxidation sites excluding steroid dienone is 2. The first-order valence-electron chi connectivity index (χ1n) is 8.00. The van der Waals surface area contributed by atoms with Crippen molar-refractivity contribution in [2.24, 2.45) is 11.3 Å². The second-order valence-electron chi connectivity index (χ2n) is 6.83. The highest BCUT2D eigenvalue weighted by Gasteiger charge is 2.21. The molecule has 0 saturated carbocycles.